The lowest BCUT2D eigenvalue weighted by atomic mass is 10.1. The minimum Gasteiger partial charge on any atom is -0.496 e. The number of hydrogen-bond donors (Lipinski definition) is 1. The predicted molar refractivity (Wildman–Crippen MR) is 136 cm³/mol. The fraction of sp³-hybridized carbons (Fsp3) is 0.222. The zero-order valence-electron chi connectivity index (χ0n) is 19.8. The van der Waals surface area contributed by atoms with Crippen molar-refractivity contribution >= 4 is 22.3 Å². The fourth-order valence-electron chi connectivity index (χ4n) is 5.01. The third-order valence-electron chi connectivity index (χ3n) is 6.70. The number of nitro groups is 1. The number of piperazine rings is 1. The molecule has 0 saturated carbocycles. The standard InChI is InChI=1S/C27H25FN4O4/c1-36-24-12-11-20(28)17-19(24)18-29-13-15-30(16-14-29)25-22-9-5-6-10-23(22)31(21-7-3-2-4-8-21)27(33)26(25)32(34)35/h2-12,17H,13-16,18H2,1H3/p+1. The predicted octanol–water partition coefficient (Wildman–Crippen LogP) is 2.95. The average molecular weight is 490 g/mol. The lowest BCUT2D eigenvalue weighted by Crippen LogP contribution is -3.13. The Bertz CT molecular complexity index is 1480. The second-order valence-electron chi connectivity index (χ2n) is 8.82. The number of methoxy groups -OCH3 is 1. The highest BCUT2D eigenvalue weighted by Gasteiger charge is 2.32. The van der Waals surface area contributed by atoms with E-state index < -0.39 is 16.2 Å². The molecular weight excluding hydrogens is 463 g/mol. The molecule has 5 rings (SSSR count). The molecule has 2 heterocycles. The molecule has 1 aromatic heterocycles. The van der Waals surface area contributed by atoms with Crippen LogP contribution < -0.4 is 20.1 Å². The van der Waals surface area contributed by atoms with Crippen LogP contribution in [0.3, 0.4) is 0 Å². The number of aromatic nitrogens is 1. The van der Waals surface area contributed by atoms with Gasteiger partial charge in [0.15, 0.2) is 0 Å². The van der Waals surface area contributed by atoms with Gasteiger partial charge in [0.1, 0.15) is 23.8 Å². The number of para-hydroxylation sites is 2. The molecule has 0 unspecified atom stereocenters. The largest absolute Gasteiger partial charge is 0.496 e. The van der Waals surface area contributed by atoms with Gasteiger partial charge in [0.05, 0.1) is 49.3 Å². The molecule has 1 N–H and O–H groups in total. The average Bonchev–Trinajstić information content (AvgIpc) is 2.89. The molecule has 1 fully saturated rings. The molecule has 0 radical (unpaired) electrons. The van der Waals surface area contributed by atoms with Crippen LogP contribution in [0.5, 0.6) is 5.75 Å². The van der Waals surface area contributed by atoms with Gasteiger partial charge in [-0.05, 0) is 36.4 Å². The van der Waals surface area contributed by atoms with Gasteiger partial charge in [0.2, 0.25) is 0 Å². The first-order valence-electron chi connectivity index (χ1n) is 11.8. The van der Waals surface area contributed by atoms with E-state index in [0.717, 1.165) is 5.56 Å². The normalized spacial score (nSPS) is 14.2. The zero-order chi connectivity index (χ0) is 25.2. The Morgan fingerprint density at radius 3 is 2.42 bits per heavy atom. The maximum absolute atomic E-state index is 13.8. The Hall–Kier alpha value is -4.24. The van der Waals surface area contributed by atoms with Gasteiger partial charge in [-0.1, -0.05) is 36.4 Å². The summed E-state index contributed by atoms with van der Waals surface area (Å²) in [5, 5.41) is 12.9. The van der Waals surface area contributed by atoms with Crippen LogP contribution in [-0.2, 0) is 6.54 Å². The number of rotatable bonds is 6. The van der Waals surface area contributed by atoms with Gasteiger partial charge in [-0.3, -0.25) is 19.5 Å². The van der Waals surface area contributed by atoms with Crippen molar-refractivity contribution in [2.45, 2.75) is 6.54 Å². The molecule has 184 valence electrons. The van der Waals surface area contributed by atoms with Crippen molar-refractivity contribution in [2.75, 3.05) is 38.2 Å². The Kier molecular flexibility index (Phi) is 6.39. The van der Waals surface area contributed by atoms with Gasteiger partial charge in [-0.15, -0.1) is 0 Å². The number of ether oxygens (including phenoxy) is 1. The Balaban J connectivity index is 1.51. The molecule has 36 heavy (non-hydrogen) atoms. The molecule has 0 amide bonds. The summed E-state index contributed by atoms with van der Waals surface area (Å²) in [7, 11) is 1.56. The molecule has 1 saturated heterocycles. The first kappa shape index (κ1) is 23.5. The third-order valence-corrected chi connectivity index (χ3v) is 6.70. The van der Waals surface area contributed by atoms with Gasteiger partial charge < -0.3 is 14.5 Å². The van der Waals surface area contributed by atoms with E-state index in [1.807, 2.05) is 35.2 Å². The van der Waals surface area contributed by atoms with Crippen LogP contribution in [0.2, 0.25) is 0 Å². The van der Waals surface area contributed by atoms with Crippen LogP contribution in [0.1, 0.15) is 5.56 Å². The van der Waals surface area contributed by atoms with Crippen LogP contribution in [0.25, 0.3) is 16.6 Å². The number of benzene rings is 3. The van der Waals surface area contributed by atoms with E-state index in [-0.39, 0.29) is 5.82 Å². The molecule has 3 aromatic carbocycles. The highest BCUT2D eigenvalue weighted by atomic mass is 19.1. The lowest BCUT2D eigenvalue weighted by Gasteiger charge is -2.34. The lowest BCUT2D eigenvalue weighted by molar-refractivity contribution is -0.914. The maximum atomic E-state index is 13.8. The molecule has 8 nitrogen and oxygen atoms in total. The first-order valence-corrected chi connectivity index (χ1v) is 11.8. The highest BCUT2D eigenvalue weighted by molar-refractivity contribution is 5.97. The molecule has 0 spiro atoms. The fourth-order valence-corrected chi connectivity index (χ4v) is 5.01. The van der Waals surface area contributed by atoms with Crippen molar-refractivity contribution in [1.29, 1.82) is 0 Å². The third kappa shape index (κ3) is 4.29. The van der Waals surface area contributed by atoms with Crippen molar-refractivity contribution in [3.05, 3.63) is 105 Å². The summed E-state index contributed by atoms with van der Waals surface area (Å²) in [5.41, 5.74) is 1.25. The van der Waals surface area contributed by atoms with Gasteiger partial charge in [0, 0.05) is 11.1 Å². The van der Waals surface area contributed by atoms with Crippen LogP contribution >= 0.6 is 0 Å². The molecule has 1 aliphatic rings. The maximum Gasteiger partial charge on any atom is 0.358 e. The molecule has 1 aliphatic heterocycles. The zero-order valence-corrected chi connectivity index (χ0v) is 19.8. The van der Waals surface area contributed by atoms with Crippen molar-refractivity contribution in [3.8, 4) is 11.4 Å². The SMILES string of the molecule is COc1ccc(F)cc1C[NH+]1CCN(c2c([N+](=O)[O-])c(=O)n(-c3ccccc3)c3ccccc23)CC1. The van der Waals surface area contributed by atoms with Gasteiger partial charge >= 0.3 is 11.2 Å². The van der Waals surface area contributed by atoms with E-state index in [2.05, 4.69) is 0 Å². The number of hydrogen-bond acceptors (Lipinski definition) is 5. The van der Waals surface area contributed by atoms with Crippen LogP contribution in [-0.4, -0.2) is 42.8 Å². The molecule has 9 heteroatoms. The number of quaternary nitrogens is 1. The summed E-state index contributed by atoms with van der Waals surface area (Å²) < 4.78 is 20.6. The monoisotopic (exact) mass is 489 g/mol. The second kappa shape index (κ2) is 9.79. The molecule has 0 aliphatic carbocycles. The van der Waals surface area contributed by atoms with Crippen molar-refractivity contribution in [3.63, 3.8) is 0 Å². The Morgan fingerprint density at radius 1 is 1.03 bits per heavy atom. The van der Waals surface area contributed by atoms with Crippen LogP contribution in [0.15, 0.2) is 77.6 Å². The summed E-state index contributed by atoms with van der Waals surface area (Å²) in [6.45, 7) is 2.96. The van der Waals surface area contributed by atoms with E-state index in [9.17, 15) is 19.3 Å². The number of fused-ring (bicyclic) bond motifs is 1. The van der Waals surface area contributed by atoms with E-state index in [1.165, 1.54) is 21.6 Å². The molecule has 0 atom stereocenters. The summed E-state index contributed by atoms with van der Waals surface area (Å²) >= 11 is 0. The van der Waals surface area contributed by atoms with E-state index in [1.54, 1.807) is 37.4 Å². The first-order chi connectivity index (χ1) is 17.5. The van der Waals surface area contributed by atoms with Crippen LogP contribution in [0.4, 0.5) is 15.8 Å². The number of nitrogens with zero attached hydrogens (tertiary/aromatic N) is 3. The van der Waals surface area contributed by atoms with Crippen LogP contribution in [0, 0.1) is 15.9 Å². The highest BCUT2D eigenvalue weighted by Crippen LogP contribution is 2.34. The minimum absolute atomic E-state index is 0.315. The van der Waals surface area contributed by atoms with Gasteiger partial charge in [0.25, 0.3) is 0 Å². The number of halogens is 1. The van der Waals surface area contributed by atoms with E-state index >= 15 is 0 Å². The Morgan fingerprint density at radius 2 is 1.72 bits per heavy atom. The van der Waals surface area contributed by atoms with E-state index in [4.69, 9.17) is 4.74 Å². The quantitative estimate of drug-likeness (QED) is 0.333. The molecule has 0 bridgehead atoms. The molecular formula is C27H26FN4O4+. The van der Waals surface area contributed by atoms with Gasteiger partial charge in [-0.2, -0.15) is 0 Å². The van der Waals surface area contributed by atoms with Crippen molar-refractivity contribution < 1.29 is 19.0 Å². The van der Waals surface area contributed by atoms with E-state index in [0.29, 0.717) is 60.8 Å². The topological polar surface area (TPSA) is 82.1 Å². The Labute approximate surface area is 206 Å². The van der Waals surface area contributed by atoms with Crippen molar-refractivity contribution in [2.24, 2.45) is 0 Å². The molecule has 4 aromatic rings. The second-order valence-corrected chi connectivity index (χ2v) is 8.82. The summed E-state index contributed by atoms with van der Waals surface area (Å²) in [4.78, 5) is 28.3. The number of pyridine rings is 1. The number of nitrogens with one attached hydrogen (secondary N) is 1. The van der Waals surface area contributed by atoms with Gasteiger partial charge in [-0.25, -0.2) is 4.39 Å². The summed E-state index contributed by atoms with van der Waals surface area (Å²) in [5.74, 6) is 0.322. The minimum atomic E-state index is -0.654. The van der Waals surface area contributed by atoms with Crippen molar-refractivity contribution in [1.82, 2.24) is 4.57 Å². The smallest absolute Gasteiger partial charge is 0.358 e. The number of anilines is 1. The summed E-state index contributed by atoms with van der Waals surface area (Å²) in [6, 6.07) is 20.7. The summed E-state index contributed by atoms with van der Waals surface area (Å²) in [6.07, 6.45) is 0.